The molecule has 1 aromatic heterocycles. The predicted octanol–water partition coefficient (Wildman–Crippen LogP) is 2.60. The fourth-order valence-corrected chi connectivity index (χ4v) is 5.28. The Morgan fingerprint density at radius 1 is 1.39 bits per heavy atom. The van der Waals surface area contributed by atoms with Crippen LogP contribution < -0.4 is 21.1 Å². The molecule has 14 heteroatoms. The topological polar surface area (TPSA) is 159 Å². The molecular formula is C19H28ClFN6O4S2. The summed E-state index contributed by atoms with van der Waals surface area (Å²) in [5, 5.41) is 14.8. The van der Waals surface area contributed by atoms with Gasteiger partial charge in [0.2, 0.25) is 5.13 Å². The number of aliphatic carboxylic acids is 1. The van der Waals surface area contributed by atoms with Crippen LogP contribution in [0.15, 0.2) is 23.4 Å². The molecule has 0 fully saturated rings. The first-order valence-electron chi connectivity index (χ1n) is 10.0. The van der Waals surface area contributed by atoms with Gasteiger partial charge in [0, 0.05) is 30.7 Å². The molecule has 2 atom stereocenters. The van der Waals surface area contributed by atoms with Gasteiger partial charge in [-0.25, -0.2) is 17.8 Å². The monoisotopic (exact) mass is 522 g/mol. The van der Waals surface area contributed by atoms with Gasteiger partial charge in [-0.05, 0) is 36.8 Å². The van der Waals surface area contributed by atoms with Gasteiger partial charge in [0.1, 0.15) is 17.0 Å². The van der Waals surface area contributed by atoms with E-state index in [2.05, 4.69) is 24.7 Å². The van der Waals surface area contributed by atoms with Crippen LogP contribution in [0.2, 0.25) is 5.02 Å². The third-order valence-electron chi connectivity index (χ3n) is 4.89. The number of rotatable bonds is 13. The van der Waals surface area contributed by atoms with Gasteiger partial charge < -0.3 is 21.5 Å². The van der Waals surface area contributed by atoms with Crippen molar-refractivity contribution in [1.82, 2.24) is 14.7 Å². The van der Waals surface area contributed by atoms with Gasteiger partial charge in [-0.1, -0.05) is 25.4 Å². The summed E-state index contributed by atoms with van der Waals surface area (Å²) in [5.41, 5.74) is 6.12. The highest BCUT2D eigenvalue weighted by Crippen LogP contribution is 2.31. The molecule has 1 aromatic carbocycles. The lowest BCUT2D eigenvalue weighted by Gasteiger charge is -2.32. The van der Waals surface area contributed by atoms with Crippen LogP contribution in [0.3, 0.4) is 0 Å². The normalized spacial score (nSPS) is 14.0. The lowest BCUT2D eigenvalue weighted by Crippen LogP contribution is -2.40. The standard InChI is InChI=1S/C19H28ClFN6O4S2/c1-11(22)12(6-19(2,3)9-23-8-17(28)29)7-24-15-5-14(21)16(4-13(15)20)33(30,31)27-18-25-10-26-32-18/h4-5,10-12,23-24H,6-9,22H2,1-3H3,(H,28,29)(H,25,26,27). The van der Waals surface area contributed by atoms with E-state index < -0.39 is 26.7 Å². The number of nitrogens with two attached hydrogens (primary N) is 1. The van der Waals surface area contributed by atoms with Crippen molar-refractivity contribution in [2.75, 3.05) is 29.7 Å². The Morgan fingerprint density at radius 2 is 2.09 bits per heavy atom. The minimum Gasteiger partial charge on any atom is -0.480 e. The number of benzene rings is 1. The fraction of sp³-hybridized carbons (Fsp3) is 0.526. The average molecular weight is 523 g/mol. The van der Waals surface area contributed by atoms with Gasteiger partial charge in [0.15, 0.2) is 0 Å². The van der Waals surface area contributed by atoms with Crippen LogP contribution >= 0.6 is 23.1 Å². The van der Waals surface area contributed by atoms with Gasteiger partial charge in [-0.2, -0.15) is 4.37 Å². The van der Waals surface area contributed by atoms with Crippen molar-refractivity contribution < 1.29 is 22.7 Å². The van der Waals surface area contributed by atoms with E-state index in [-0.39, 0.29) is 39.8 Å². The highest BCUT2D eigenvalue weighted by molar-refractivity contribution is 7.93. The number of hydrogen-bond acceptors (Lipinski definition) is 9. The molecule has 0 amide bonds. The van der Waals surface area contributed by atoms with Crippen molar-refractivity contribution in [3.63, 3.8) is 0 Å². The molecule has 0 aliphatic carbocycles. The molecule has 6 N–H and O–H groups in total. The Bertz CT molecular complexity index is 1050. The minimum atomic E-state index is -4.23. The SMILES string of the molecule is CC(N)C(CNc1cc(F)c(S(=O)(=O)Nc2ncns2)cc1Cl)CC(C)(C)CNCC(=O)O. The number of carboxylic acid groups (broad SMARTS) is 1. The lowest BCUT2D eigenvalue weighted by atomic mass is 9.80. The molecule has 2 unspecified atom stereocenters. The Morgan fingerprint density at radius 3 is 2.67 bits per heavy atom. The van der Waals surface area contributed by atoms with Gasteiger partial charge in [-0.3, -0.25) is 9.52 Å². The van der Waals surface area contributed by atoms with Crippen LogP contribution in [0.4, 0.5) is 15.2 Å². The van der Waals surface area contributed by atoms with E-state index in [1.165, 1.54) is 6.33 Å². The second kappa shape index (κ2) is 11.4. The Balaban J connectivity index is 2.09. The van der Waals surface area contributed by atoms with E-state index in [0.717, 1.165) is 23.7 Å². The molecule has 1 heterocycles. The minimum absolute atomic E-state index is 0.00737. The Labute approximate surface area is 201 Å². The number of anilines is 2. The van der Waals surface area contributed by atoms with Crippen LogP contribution in [-0.2, 0) is 14.8 Å². The molecule has 10 nitrogen and oxygen atoms in total. The number of nitrogens with one attached hydrogen (secondary N) is 3. The summed E-state index contributed by atoms with van der Waals surface area (Å²) in [7, 11) is -4.23. The number of aromatic nitrogens is 2. The quantitative estimate of drug-likeness (QED) is 0.266. The molecule has 2 aromatic rings. The van der Waals surface area contributed by atoms with Crippen LogP contribution in [0, 0.1) is 17.2 Å². The number of carbonyl (C=O) groups is 1. The van der Waals surface area contributed by atoms with Gasteiger partial charge in [0.25, 0.3) is 10.0 Å². The van der Waals surface area contributed by atoms with E-state index in [4.69, 9.17) is 22.4 Å². The molecule has 0 aliphatic heterocycles. The summed E-state index contributed by atoms with van der Waals surface area (Å²) in [6.45, 7) is 6.54. The third-order valence-corrected chi connectivity index (χ3v) is 7.26. The van der Waals surface area contributed by atoms with Gasteiger partial charge in [0.05, 0.1) is 17.3 Å². The summed E-state index contributed by atoms with van der Waals surface area (Å²) in [6.07, 6.45) is 1.83. The van der Waals surface area contributed by atoms with E-state index in [1.54, 1.807) is 0 Å². The first-order valence-corrected chi connectivity index (χ1v) is 12.6. The summed E-state index contributed by atoms with van der Waals surface area (Å²) in [5.74, 6) is -1.96. The largest absolute Gasteiger partial charge is 0.480 e. The smallest absolute Gasteiger partial charge is 0.317 e. The number of sulfonamides is 1. The van der Waals surface area contributed by atoms with Crippen molar-refractivity contribution in [2.24, 2.45) is 17.1 Å². The number of carboxylic acids is 1. The van der Waals surface area contributed by atoms with Gasteiger partial charge >= 0.3 is 5.97 Å². The molecule has 0 radical (unpaired) electrons. The maximum absolute atomic E-state index is 14.7. The van der Waals surface area contributed by atoms with Crippen molar-refractivity contribution in [2.45, 2.75) is 38.1 Å². The van der Waals surface area contributed by atoms with E-state index >= 15 is 0 Å². The third kappa shape index (κ3) is 8.34. The maximum atomic E-state index is 14.7. The summed E-state index contributed by atoms with van der Waals surface area (Å²) in [6, 6.07) is 1.84. The molecule has 0 spiro atoms. The number of halogens is 2. The first kappa shape index (κ1) is 27.2. The van der Waals surface area contributed by atoms with E-state index in [1.807, 2.05) is 20.8 Å². The zero-order valence-corrected chi connectivity index (χ0v) is 20.8. The van der Waals surface area contributed by atoms with Crippen molar-refractivity contribution in [3.05, 3.63) is 29.3 Å². The zero-order chi connectivity index (χ0) is 24.8. The summed E-state index contributed by atoms with van der Waals surface area (Å²) in [4.78, 5) is 13.8. The average Bonchev–Trinajstić information content (AvgIpc) is 3.18. The Kier molecular flexibility index (Phi) is 9.38. The molecular weight excluding hydrogens is 495 g/mol. The number of hydrogen-bond donors (Lipinski definition) is 5. The highest BCUT2D eigenvalue weighted by Gasteiger charge is 2.27. The lowest BCUT2D eigenvalue weighted by molar-refractivity contribution is -0.136. The van der Waals surface area contributed by atoms with Gasteiger partial charge in [-0.15, -0.1) is 0 Å². The molecule has 0 saturated carbocycles. The van der Waals surface area contributed by atoms with Crippen LogP contribution in [-0.4, -0.2) is 54.5 Å². The van der Waals surface area contributed by atoms with Crippen LogP contribution in [0.25, 0.3) is 0 Å². The van der Waals surface area contributed by atoms with Crippen LogP contribution in [0.1, 0.15) is 27.2 Å². The van der Waals surface area contributed by atoms with Crippen LogP contribution in [0.5, 0.6) is 0 Å². The Hall–Kier alpha value is -2.06. The highest BCUT2D eigenvalue weighted by atomic mass is 35.5. The maximum Gasteiger partial charge on any atom is 0.317 e. The summed E-state index contributed by atoms with van der Waals surface area (Å²) < 4.78 is 45.5. The van der Waals surface area contributed by atoms with Crippen molar-refractivity contribution >= 4 is 49.9 Å². The molecule has 0 bridgehead atoms. The second-order valence-electron chi connectivity index (χ2n) is 8.48. The number of nitrogens with zero attached hydrogens (tertiary/aromatic N) is 2. The van der Waals surface area contributed by atoms with E-state index in [9.17, 15) is 17.6 Å². The first-order chi connectivity index (χ1) is 15.3. The van der Waals surface area contributed by atoms with Crippen molar-refractivity contribution in [3.8, 4) is 0 Å². The molecule has 184 valence electrons. The van der Waals surface area contributed by atoms with Crippen molar-refractivity contribution in [1.29, 1.82) is 0 Å². The predicted molar refractivity (Wildman–Crippen MR) is 127 cm³/mol. The summed E-state index contributed by atoms with van der Waals surface area (Å²) >= 11 is 7.06. The van der Waals surface area contributed by atoms with E-state index in [0.29, 0.717) is 19.5 Å². The molecule has 0 aliphatic rings. The molecule has 0 saturated heterocycles. The molecule has 2 rings (SSSR count). The second-order valence-corrected chi connectivity index (χ2v) is 11.3. The molecule has 33 heavy (non-hydrogen) atoms. The fourth-order valence-electron chi connectivity index (χ4n) is 3.23. The zero-order valence-electron chi connectivity index (χ0n) is 18.4.